The monoisotopic (exact) mass is 453 g/mol. The van der Waals surface area contributed by atoms with Gasteiger partial charge in [0.25, 0.3) is 0 Å². The minimum Gasteiger partial charge on any atom is -0.367 e. The van der Waals surface area contributed by atoms with Crippen molar-refractivity contribution >= 4 is 17.4 Å². The van der Waals surface area contributed by atoms with E-state index < -0.39 is 0 Å². The van der Waals surface area contributed by atoms with Gasteiger partial charge < -0.3 is 9.80 Å². The summed E-state index contributed by atoms with van der Waals surface area (Å²) in [4.78, 5) is 31.9. The van der Waals surface area contributed by atoms with Crippen LogP contribution in [-0.4, -0.2) is 60.8 Å². The van der Waals surface area contributed by atoms with Gasteiger partial charge in [-0.1, -0.05) is 44.2 Å². The molecule has 1 heterocycles. The van der Waals surface area contributed by atoms with E-state index in [4.69, 9.17) is 0 Å². The summed E-state index contributed by atoms with van der Waals surface area (Å²) < 4.78 is 14.9. The molecule has 2 aromatic carbocycles. The van der Waals surface area contributed by atoms with Gasteiger partial charge in [0.1, 0.15) is 11.9 Å². The number of nitrogens with zero attached hydrogens (tertiary/aromatic N) is 3. The molecule has 0 bridgehead atoms. The van der Waals surface area contributed by atoms with Crippen LogP contribution in [0.3, 0.4) is 0 Å². The summed E-state index contributed by atoms with van der Waals surface area (Å²) in [6.07, 6.45) is 0.735. The van der Waals surface area contributed by atoms with Gasteiger partial charge in [0.2, 0.25) is 5.91 Å². The standard InChI is InChI=1S/C27H36FN3O2/c1-5-20(4)26(32)22-13-14-24(23(28)19-22)30-15-17-31(18-16-30)25(21-11-9-8-10-12-21)27(33)29(6-2)7-3/h8-14,19-20,25H,5-7,15-18H2,1-4H3. The lowest BCUT2D eigenvalue weighted by Crippen LogP contribution is -2.52. The predicted octanol–water partition coefficient (Wildman–Crippen LogP) is 4.79. The maximum Gasteiger partial charge on any atom is 0.244 e. The van der Waals surface area contributed by atoms with E-state index >= 15 is 0 Å². The zero-order chi connectivity index (χ0) is 24.0. The first-order valence-corrected chi connectivity index (χ1v) is 12.1. The lowest BCUT2D eigenvalue weighted by Gasteiger charge is -2.41. The quantitative estimate of drug-likeness (QED) is 0.512. The van der Waals surface area contributed by atoms with E-state index in [1.807, 2.05) is 67.8 Å². The van der Waals surface area contributed by atoms with Crippen molar-refractivity contribution in [3.63, 3.8) is 0 Å². The molecular formula is C27H36FN3O2. The van der Waals surface area contributed by atoms with Gasteiger partial charge in [-0.25, -0.2) is 4.39 Å². The molecule has 2 unspecified atom stereocenters. The molecule has 3 rings (SSSR count). The third-order valence-electron chi connectivity index (χ3n) is 6.74. The fraction of sp³-hybridized carbons (Fsp3) is 0.481. The molecule has 0 aromatic heterocycles. The molecule has 1 fully saturated rings. The van der Waals surface area contributed by atoms with Crippen molar-refractivity contribution < 1.29 is 14.0 Å². The molecule has 0 N–H and O–H groups in total. The lowest BCUT2D eigenvalue weighted by molar-refractivity contribution is -0.137. The Labute approximate surface area is 197 Å². The minimum absolute atomic E-state index is 0.0200. The van der Waals surface area contributed by atoms with Crippen molar-refractivity contribution in [2.75, 3.05) is 44.2 Å². The number of halogens is 1. The third kappa shape index (κ3) is 5.61. The van der Waals surface area contributed by atoms with Gasteiger partial charge in [-0.2, -0.15) is 0 Å². The van der Waals surface area contributed by atoms with Crippen LogP contribution in [0.25, 0.3) is 0 Å². The van der Waals surface area contributed by atoms with Crippen LogP contribution in [0, 0.1) is 11.7 Å². The second kappa shape index (κ2) is 11.4. The minimum atomic E-state index is -0.364. The van der Waals surface area contributed by atoms with Crippen LogP contribution >= 0.6 is 0 Å². The lowest BCUT2D eigenvalue weighted by atomic mass is 9.97. The summed E-state index contributed by atoms with van der Waals surface area (Å²) in [6.45, 7) is 11.7. The molecule has 0 saturated carbocycles. The number of likely N-dealkylation sites (N-methyl/N-ethyl adjacent to an activating group) is 1. The highest BCUT2D eigenvalue weighted by Gasteiger charge is 2.33. The Morgan fingerprint density at radius 1 is 0.970 bits per heavy atom. The summed E-state index contributed by atoms with van der Waals surface area (Å²) >= 11 is 0. The first-order valence-electron chi connectivity index (χ1n) is 12.1. The summed E-state index contributed by atoms with van der Waals surface area (Å²) in [5.41, 5.74) is 1.93. The fourth-order valence-electron chi connectivity index (χ4n) is 4.46. The molecule has 0 radical (unpaired) electrons. The summed E-state index contributed by atoms with van der Waals surface area (Å²) in [5, 5.41) is 0. The van der Waals surface area contributed by atoms with Crippen molar-refractivity contribution in [2.24, 2.45) is 5.92 Å². The molecule has 0 spiro atoms. The van der Waals surface area contributed by atoms with Crippen molar-refractivity contribution in [3.05, 3.63) is 65.5 Å². The molecule has 178 valence electrons. The molecular weight excluding hydrogens is 417 g/mol. The zero-order valence-electron chi connectivity index (χ0n) is 20.3. The fourth-order valence-corrected chi connectivity index (χ4v) is 4.46. The van der Waals surface area contributed by atoms with Crippen molar-refractivity contribution in [1.29, 1.82) is 0 Å². The van der Waals surface area contributed by atoms with Gasteiger partial charge in [0.15, 0.2) is 5.78 Å². The number of rotatable bonds is 9. The summed E-state index contributed by atoms with van der Waals surface area (Å²) in [6, 6.07) is 14.4. The number of anilines is 1. The van der Waals surface area contributed by atoms with Crippen molar-refractivity contribution in [3.8, 4) is 0 Å². The van der Waals surface area contributed by atoms with Crippen LogP contribution in [0.15, 0.2) is 48.5 Å². The molecule has 1 aliphatic heterocycles. The number of amides is 1. The van der Waals surface area contributed by atoms with Crippen LogP contribution < -0.4 is 4.90 Å². The molecule has 2 atom stereocenters. The second-order valence-electron chi connectivity index (χ2n) is 8.69. The highest BCUT2D eigenvalue weighted by molar-refractivity contribution is 5.98. The predicted molar refractivity (Wildman–Crippen MR) is 131 cm³/mol. The Morgan fingerprint density at radius 2 is 1.61 bits per heavy atom. The SMILES string of the molecule is CCC(C)C(=O)c1ccc(N2CCN(C(C(=O)N(CC)CC)c3ccccc3)CC2)c(F)c1. The zero-order valence-corrected chi connectivity index (χ0v) is 20.3. The van der Waals surface area contributed by atoms with Gasteiger partial charge in [0, 0.05) is 50.7 Å². The molecule has 33 heavy (non-hydrogen) atoms. The van der Waals surface area contributed by atoms with Gasteiger partial charge in [-0.05, 0) is 44.0 Å². The average Bonchev–Trinajstić information content (AvgIpc) is 2.85. The van der Waals surface area contributed by atoms with E-state index in [0.717, 1.165) is 12.0 Å². The van der Waals surface area contributed by atoms with Crippen LogP contribution in [0.5, 0.6) is 0 Å². The maximum absolute atomic E-state index is 14.9. The van der Waals surface area contributed by atoms with E-state index in [1.54, 1.807) is 12.1 Å². The Bertz CT molecular complexity index is 938. The molecule has 1 amide bonds. The van der Waals surface area contributed by atoms with Crippen LogP contribution in [0.4, 0.5) is 10.1 Å². The first-order chi connectivity index (χ1) is 15.9. The molecule has 1 aliphatic rings. The second-order valence-corrected chi connectivity index (χ2v) is 8.69. The van der Waals surface area contributed by atoms with E-state index in [1.165, 1.54) is 6.07 Å². The van der Waals surface area contributed by atoms with Crippen LogP contribution in [-0.2, 0) is 4.79 Å². The number of carbonyl (C=O) groups excluding carboxylic acids is 2. The van der Waals surface area contributed by atoms with E-state index in [-0.39, 0.29) is 29.5 Å². The summed E-state index contributed by atoms with van der Waals surface area (Å²) in [7, 11) is 0. The Balaban J connectivity index is 1.75. The van der Waals surface area contributed by atoms with Gasteiger partial charge >= 0.3 is 0 Å². The first kappa shape index (κ1) is 24.9. The molecule has 5 nitrogen and oxygen atoms in total. The number of hydrogen-bond acceptors (Lipinski definition) is 4. The van der Waals surface area contributed by atoms with Crippen molar-refractivity contribution in [2.45, 2.75) is 40.2 Å². The number of ketones is 1. The molecule has 1 saturated heterocycles. The number of piperazine rings is 1. The Morgan fingerprint density at radius 3 is 2.15 bits per heavy atom. The highest BCUT2D eigenvalue weighted by Crippen LogP contribution is 2.28. The van der Waals surface area contributed by atoms with Gasteiger partial charge in [0.05, 0.1) is 5.69 Å². The number of hydrogen-bond donors (Lipinski definition) is 0. The number of benzene rings is 2. The van der Waals surface area contributed by atoms with E-state index in [2.05, 4.69) is 4.90 Å². The topological polar surface area (TPSA) is 43.9 Å². The smallest absolute Gasteiger partial charge is 0.244 e. The Hall–Kier alpha value is -2.73. The maximum atomic E-state index is 14.9. The summed E-state index contributed by atoms with van der Waals surface area (Å²) in [5.74, 6) is -0.388. The molecule has 6 heteroatoms. The third-order valence-corrected chi connectivity index (χ3v) is 6.74. The number of Topliss-reactive ketones (excluding diaryl/α,β-unsaturated/α-hetero) is 1. The molecule has 0 aliphatic carbocycles. The Kier molecular flexibility index (Phi) is 8.61. The van der Waals surface area contributed by atoms with E-state index in [0.29, 0.717) is 50.5 Å². The van der Waals surface area contributed by atoms with Crippen molar-refractivity contribution in [1.82, 2.24) is 9.80 Å². The normalized spacial score (nSPS) is 16.3. The van der Waals surface area contributed by atoms with Gasteiger partial charge in [-0.15, -0.1) is 0 Å². The molecule has 2 aromatic rings. The van der Waals surface area contributed by atoms with Crippen LogP contribution in [0.2, 0.25) is 0 Å². The largest absolute Gasteiger partial charge is 0.367 e. The van der Waals surface area contributed by atoms with Crippen LogP contribution in [0.1, 0.15) is 56.1 Å². The number of carbonyl (C=O) groups is 2. The highest BCUT2D eigenvalue weighted by atomic mass is 19.1. The van der Waals surface area contributed by atoms with E-state index in [9.17, 15) is 14.0 Å². The van der Waals surface area contributed by atoms with Gasteiger partial charge in [-0.3, -0.25) is 14.5 Å². The average molecular weight is 454 g/mol.